The van der Waals surface area contributed by atoms with Crippen LogP contribution in [0.1, 0.15) is 33.5 Å². The molecule has 140 valence electrons. The number of carbonyl (C=O) groups is 1. The van der Waals surface area contributed by atoms with Gasteiger partial charge in [0.25, 0.3) is 0 Å². The number of aromatic nitrogens is 5. The van der Waals surface area contributed by atoms with Crippen LogP contribution in [0, 0.1) is 0 Å². The first-order chi connectivity index (χ1) is 14.2. The molecule has 2 heterocycles. The summed E-state index contributed by atoms with van der Waals surface area (Å²) in [6, 6.07) is 6.35. The van der Waals surface area contributed by atoms with Crippen molar-refractivity contribution in [1.82, 2.24) is 25.0 Å². The normalized spacial score (nSPS) is 15.0. The Morgan fingerprint density at radius 2 is 2.21 bits per heavy atom. The Morgan fingerprint density at radius 1 is 1.39 bits per heavy atom. The molecule has 0 spiro atoms. The smallest absolute Gasteiger partial charge is 0.358 e. The second-order valence-corrected chi connectivity index (χ2v) is 6.31. The number of carboxylic acid groups (broad SMARTS) is 1. The molecule has 2 aromatic heterocycles. The van der Waals surface area contributed by atoms with E-state index in [-0.39, 0.29) is 53.3 Å². The predicted octanol–water partition coefficient (Wildman–Crippen LogP) is 3.17. The summed E-state index contributed by atoms with van der Waals surface area (Å²) in [4.78, 5) is 15.7. The first-order valence-electron chi connectivity index (χ1n) is 9.48. The van der Waals surface area contributed by atoms with E-state index in [1.54, 1.807) is 23.1 Å². The summed E-state index contributed by atoms with van der Waals surface area (Å²) in [6.45, 7) is 0. The number of ether oxygens (including phenoxy) is 1. The monoisotopic (exact) mass is 453 g/mol. The zero-order chi connectivity index (χ0) is 21.5. The Balaban J connectivity index is 0.00000272. The minimum Gasteiger partial charge on any atom is -0.494 e. The van der Waals surface area contributed by atoms with E-state index in [0.717, 1.165) is 12.8 Å². The number of benzene rings is 1. The average Bonchev–Trinajstić information content (AvgIpc) is 3.39. The first-order valence-corrected chi connectivity index (χ1v) is 8.36. The van der Waals surface area contributed by atoms with E-state index < -0.39 is 13.0 Å². The molecule has 1 saturated carbocycles. The van der Waals surface area contributed by atoms with E-state index in [1.807, 2.05) is 0 Å². The molecule has 1 fully saturated rings. The van der Waals surface area contributed by atoms with Gasteiger partial charge in [0.05, 0.1) is 34.1 Å². The molecule has 1 aliphatic rings. The molecule has 0 unspecified atom stereocenters. The van der Waals surface area contributed by atoms with Gasteiger partial charge < -0.3 is 15.2 Å². The molecule has 0 aliphatic heterocycles. The maximum atomic E-state index is 11.5. The Morgan fingerprint density at radius 3 is 2.93 bits per heavy atom. The van der Waals surface area contributed by atoms with Crippen LogP contribution in [0.3, 0.4) is 0 Å². The van der Waals surface area contributed by atoms with Gasteiger partial charge in [-0.25, -0.2) is 14.5 Å². The van der Waals surface area contributed by atoms with Crippen LogP contribution in [0.15, 0.2) is 30.6 Å². The van der Waals surface area contributed by atoms with E-state index in [0.29, 0.717) is 11.6 Å². The van der Waals surface area contributed by atoms with Crippen molar-refractivity contribution >= 4 is 28.9 Å². The van der Waals surface area contributed by atoms with Crippen molar-refractivity contribution in [3.63, 3.8) is 0 Å². The molecular weight excluding hydrogens is 437 g/mol. The number of nitrogens with zero attached hydrogens (tertiary/aromatic N) is 5. The number of aromatic carboxylic acids is 1. The Hall–Kier alpha value is -2.58. The molecule has 1 aromatic carbocycles. The minimum absolute atomic E-state index is 0. The molecule has 0 atom stereocenters. The van der Waals surface area contributed by atoms with Gasteiger partial charge in [-0.2, -0.15) is 5.10 Å². The van der Waals surface area contributed by atoms with Crippen LogP contribution in [0.25, 0.3) is 11.4 Å². The van der Waals surface area contributed by atoms with E-state index >= 15 is 0 Å². The van der Waals surface area contributed by atoms with Gasteiger partial charge in [0.1, 0.15) is 6.33 Å². The molecule has 1 aliphatic carbocycles. The van der Waals surface area contributed by atoms with Crippen molar-refractivity contribution in [1.29, 1.82) is 0 Å². The second-order valence-electron chi connectivity index (χ2n) is 5.92. The number of anilines is 2. The fraction of sp³-hybridized carbons (Fsp3) is 0.235. The summed E-state index contributed by atoms with van der Waals surface area (Å²) in [7, 11) is -2.77. The fourth-order valence-electron chi connectivity index (χ4n) is 2.60. The topological polar surface area (TPSA) is 115 Å². The molecule has 3 aromatic rings. The van der Waals surface area contributed by atoms with Crippen molar-refractivity contribution in [2.75, 3.05) is 12.4 Å². The van der Waals surface area contributed by atoms with Crippen molar-refractivity contribution in [2.24, 2.45) is 0 Å². The summed E-state index contributed by atoms with van der Waals surface area (Å²) in [5.41, 5.74) is 0.144. The van der Waals surface area contributed by atoms with E-state index in [4.69, 9.17) is 20.5 Å². The summed E-state index contributed by atoms with van der Waals surface area (Å²) >= 11 is 5.85. The van der Waals surface area contributed by atoms with Gasteiger partial charge in [0, 0.05) is 25.5 Å². The minimum atomic E-state index is -2.77. The predicted molar refractivity (Wildman–Crippen MR) is 97.6 cm³/mol. The maximum Gasteiger partial charge on any atom is 0.358 e. The van der Waals surface area contributed by atoms with Crippen LogP contribution in [-0.2, 0) is 19.5 Å². The van der Waals surface area contributed by atoms with Crippen LogP contribution < -0.4 is 10.1 Å². The Bertz CT molecular complexity index is 1120. The molecule has 0 radical (unpaired) electrons. The summed E-state index contributed by atoms with van der Waals surface area (Å²) < 4.78 is 29.6. The molecule has 9 nitrogen and oxygen atoms in total. The zero-order valence-electron chi connectivity index (χ0n) is 17.5. The molecule has 0 bridgehead atoms. The number of methoxy groups -OCH3 is 1. The molecule has 0 amide bonds. The zero-order valence-corrected chi connectivity index (χ0v) is 18.2. The number of hydrogen-bond acceptors (Lipinski definition) is 7. The summed E-state index contributed by atoms with van der Waals surface area (Å²) in [6.07, 6.45) is 3.61. The number of para-hydroxylation sites is 1. The van der Waals surface area contributed by atoms with Gasteiger partial charge in [-0.3, -0.25) is 0 Å². The standard InChI is InChI=1S/C17H15ClN6O3.Zn/c1-27-15-10(16-19-8-24(23-16)9-5-6-9)3-2-4-11(15)20-12-7-13(18)21-22-14(12)17(25)26;/h2-4,7-9H,5-6H2,1H3,(H,20,21)(H,25,26);/i1D3;. The van der Waals surface area contributed by atoms with Crippen molar-refractivity contribution in [2.45, 2.75) is 18.9 Å². The average molecular weight is 455 g/mol. The van der Waals surface area contributed by atoms with Crippen LogP contribution in [-0.4, -0.2) is 43.1 Å². The molecule has 11 heteroatoms. The second kappa shape index (κ2) is 8.20. The van der Waals surface area contributed by atoms with Gasteiger partial charge in [-0.15, -0.1) is 10.2 Å². The molecule has 0 saturated heterocycles. The number of nitrogens with one attached hydrogen (secondary N) is 1. The van der Waals surface area contributed by atoms with Gasteiger partial charge in [0.15, 0.2) is 22.4 Å². The van der Waals surface area contributed by atoms with Crippen LogP contribution >= 0.6 is 11.6 Å². The van der Waals surface area contributed by atoms with Gasteiger partial charge in [-0.05, 0) is 25.0 Å². The quantitative estimate of drug-likeness (QED) is 0.545. The van der Waals surface area contributed by atoms with Gasteiger partial charge in [0.2, 0.25) is 0 Å². The fourth-order valence-corrected chi connectivity index (χ4v) is 2.75. The molecule has 28 heavy (non-hydrogen) atoms. The van der Waals surface area contributed by atoms with Crippen molar-refractivity contribution in [3.8, 4) is 17.1 Å². The van der Waals surface area contributed by atoms with Crippen LogP contribution in [0.4, 0.5) is 11.4 Å². The number of carboxylic acids is 1. The first kappa shape index (κ1) is 16.4. The van der Waals surface area contributed by atoms with Gasteiger partial charge >= 0.3 is 5.97 Å². The Kier molecular flexibility index (Phi) is 4.80. The third kappa shape index (κ3) is 3.98. The Labute approximate surface area is 182 Å². The van der Waals surface area contributed by atoms with Crippen molar-refractivity contribution < 1.29 is 38.2 Å². The SMILES string of the molecule is [2H]C([2H])([2H])Oc1c(Nc2cc(Cl)nnc2C(=O)O)cccc1-c1ncn(C2CC2)n1.[Zn]. The number of halogens is 1. The maximum absolute atomic E-state index is 11.5. The number of rotatable bonds is 6. The van der Waals surface area contributed by atoms with E-state index in [9.17, 15) is 9.90 Å². The van der Waals surface area contributed by atoms with Gasteiger partial charge in [-0.1, -0.05) is 17.7 Å². The summed E-state index contributed by atoms with van der Waals surface area (Å²) in [5, 5.41) is 23.7. The molecular formula is C17H15ClN6O3Zn. The van der Waals surface area contributed by atoms with Crippen molar-refractivity contribution in [3.05, 3.63) is 41.4 Å². The molecule has 2 N–H and O–H groups in total. The number of hydrogen-bond donors (Lipinski definition) is 2. The van der Waals surface area contributed by atoms with Crippen LogP contribution in [0.5, 0.6) is 5.75 Å². The third-order valence-corrected chi connectivity index (χ3v) is 4.21. The van der Waals surface area contributed by atoms with E-state index in [2.05, 4.69) is 25.6 Å². The molecule has 4 rings (SSSR count). The summed E-state index contributed by atoms with van der Waals surface area (Å²) in [5.74, 6) is -1.11. The van der Waals surface area contributed by atoms with E-state index in [1.165, 1.54) is 12.1 Å². The largest absolute Gasteiger partial charge is 0.494 e. The van der Waals surface area contributed by atoms with Crippen LogP contribution in [0.2, 0.25) is 5.15 Å². The third-order valence-electron chi connectivity index (χ3n) is 4.02.